The van der Waals surface area contributed by atoms with Crippen molar-refractivity contribution in [2.24, 2.45) is 5.73 Å². The number of likely N-dealkylation sites (N-methyl/N-ethyl adjacent to an activating group) is 1. The first-order valence-electron chi connectivity index (χ1n) is 5.92. The summed E-state index contributed by atoms with van der Waals surface area (Å²) in [6, 6.07) is 2.33. The number of carbonyl (C=O) groups excluding carboxylic acids is 1. The van der Waals surface area contributed by atoms with Crippen molar-refractivity contribution in [1.29, 1.82) is 0 Å². The van der Waals surface area contributed by atoms with Gasteiger partial charge in [0, 0.05) is 14.1 Å². The summed E-state index contributed by atoms with van der Waals surface area (Å²) in [5, 5.41) is 0. The Labute approximate surface area is 111 Å². The van der Waals surface area contributed by atoms with E-state index in [4.69, 9.17) is 10.5 Å². The molecule has 0 bridgehead atoms. The minimum absolute atomic E-state index is 0.300. The third-order valence-electron chi connectivity index (χ3n) is 2.57. The first-order valence-corrected chi connectivity index (χ1v) is 5.92. The predicted molar refractivity (Wildman–Crippen MR) is 67.9 cm³/mol. The van der Waals surface area contributed by atoms with Crippen LogP contribution in [-0.4, -0.2) is 37.6 Å². The smallest absolute Gasteiger partial charge is 0.262 e. The Morgan fingerprint density at radius 1 is 1.37 bits per heavy atom. The van der Waals surface area contributed by atoms with E-state index in [1.165, 1.54) is 11.8 Å². The van der Waals surface area contributed by atoms with Crippen LogP contribution in [0.5, 0.6) is 5.75 Å². The van der Waals surface area contributed by atoms with Crippen molar-refractivity contribution < 1.29 is 18.3 Å². The maximum absolute atomic E-state index is 13.7. The SMILES string of the molecule is CC(Oc1c(F)cc(CCN)cc1F)C(=O)N(C)C. The first kappa shape index (κ1) is 15.4. The predicted octanol–water partition coefficient (Wildman–Crippen LogP) is 1.32. The lowest BCUT2D eigenvalue weighted by atomic mass is 10.1. The van der Waals surface area contributed by atoms with E-state index in [1.54, 1.807) is 14.1 Å². The Hall–Kier alpha value is -1.69. The van der Waals surface area contributed by atoms with Gasteiger partial charge in [-0.05, 0) is 37.6 Å². The molecule has 0 radical (unpaired) electrons. The zero-order valence-electron chi connectivity index (χ0n) is 11.2. The van der Waals surface area contributed by atoms with Crippen molar-refractivity contribution in [3.05, 3.63) is 29.3 Å². The van der Waals surface area contributed by atoms with Gasteiger partial charge in [0.15, 0.2) is 23.5 Å². The summed E-state index contributed by atoms with van der Waals surface area (Å²) in [7, 11) is 3.08. The fraction of sp³-hybridized carbons (Fsp3) is 0.462. The van der Waals surface area contributed by atoms with Gasteiger partial charge >= 0.3 is 0 Å². The van der Waals surface area contributed by atoms with Crippen molar-refractivity contribution in [3.63, 3.8) is 0 Å². The number of ether oxygens (including phenoxy) is 1. The molecule has 19 heavy (non-hydrogen) atoms. The monoisotopic (exact) mass is 272 g/mol. The van der Waals surface area contributed by atoms with Crippen LogP contribution in [0.15, 0.2) is 12.1 Å². The molecule has 6 heteroatoms. The van der Waals surface area contributed by atoms with E-state index in [9.17, 15) is 13.6 Å². The number of nitrogens with two attached hydrogens (primary N) is 1. The van der Waals surface area contributed by atoms with Crippen LogP contribution < -0.4 is 10.5 Å². The Balaban J connectivity index is 2.93. The van der Waals surface area contributed by atoms with Crippen molar-refractivity contribution in [3.8, 4) is 5.75 Å². The van der Waals surface area contributed by atoms with Gasteiger partial charge in [-0.1, -0.05) is 0 Å². The van der Waals surface area contributed by atoms with Crippen LogP contribution in [0.2, 0.25) is 0 Å². The molecule has 0 spiro atoms. The maximum atomic E-state index is 13.7. The van der Waals surface area contributed by atoms with Gasteiger partial charge in [0.1, 0.15) is 0 Å². The molecule has 1 aromatic carbocycles. The largest absolute Gasteiger partial charge is 0.475 e. The first-order chi connectivity index (χ1) is 8.86. The Kier molecular flexibility index (Phi) is 5.23. The van der Waals surface area contributed by atoms with Gasteiger partial charge in [0.25, 0.3) is 5.91 Å². The molecule has 1 aromatic rings. The Morgan fingerprint density at radius 3 is 2.32 bits per heavy atom. The molecule has 1 amide bonds. The highest BCUT2D eigenvalue weighted by molar-refractivity contribution is 5.80. The van der Waals surface area contributed by atoms with Gasteiger partial charge < -0.3 is 15.4 Å². The lowest BCUT2D eigenvalue weighted by Gasteiger charge is -2.19. The maximum Gasteiger partial charge on any atom is 0.262 e. The number of carbonyl (C=O) groups is 1. The molecular weight excluding hydrogens is 254 g/mol. The number of nitrogens with zero attached hydrogens (tertiary/aromatic N) is 1. The fourth-order valence-electron chi connectivity index (χ4n) is 1.63. The molecule has 0 fully saturated rings. The number of benzene rings is 1. The quantitative estimate of drug-likeness (QED) is 0.879. The number of rotatable bonds is 5. The fourth-order valence-corrected chi connectivity index (χ4v) is 1.63. The molecule has 0 saturated heterocycles. The van der Waals surface area contributed by atoms with Gasteiger partial charge in [-0.3, -0.25) is 4.79 Å². The molecule has 0 aromatic heterocycles. The second-order valence-electron chi connectivity index (χ2n) is 4.42. The molecule has 0 heterocycles. The molecule has 0 aliphatic heterocycles. The lowest BCUT2D eigenvalue weighted by molar-refractivity contribution is -0.135. The molecular formula is C13H18F2N2O2. The zero-order valence-corrected chi connectivity index (χ0v) is 11.2. The van der Waals surface area contributed by atoms with Gasteiger partial charge in [-0.25, -0.2) is 8.78 Å². The summed E-state index contributed by atoms with van der Waals surface area (Å²) in [5.74, 6) is -2.57. The Morgan fingerprint density at radius 2 is 1.89 bits per heavy atom. The zero-order chi connectivity index (χ0) is 14.6. The van der Waals surface area contributed by atoms with E-state index in [2.05, 4.69) is 0 Å². The second-order valence-corrected chi connectivity index (χ2v) is 4.42. The van der Waals surface area contributed by atoms with Gasteiger partial charge in [-0.15, -0.1) is 0 Å². The van der Waals surface area contributed by atoms with E-state index < -0.39 is 23.5 Å². The highest BCUT2D eigenvalue weighted by Crippen LogP contribution is 2.24. The average molecular weight is 272 g/mol. The normalized spacial score (nSPS) is 12.1. The van der Waals surface area contributed by atoms with E-state index in [0.717, 1.165) is 12.1 Å². The van der Waals surface area contributed by atoms with Crippen LogP contribution in [0.3, 0.4) is 0 Å². The van der Waals surface area contributed by atoms with Crippen LogP contribution in [-0.2, 0) is 11.2 Å². The van der Waals surface area contributed by atoms with Gasteiger partial charge in [-0.2, -0.15) is 0 Å². The van der Waals surface area contributed by atoms with Crippen LogP contribution >= 0.6 is 0 Å². The Bertz CT molecular complexity index is 441. The van der Waals surface area contributed by atoms with E-state index >= 15 is 0 Å². The van der Waals surface area contributed by atoms with E-state index in [-0.39, 0.29) is 5.91 Å². The van der Waals surface area contributed by atoms with Crippen LogP contribution in [0.1, 0.15) is 12.5 Å². The molecule has 1 atom stereocenters. The number of amides is 1. The third kappa shape index (κ3) is 3.89. The van der Waals surface area contributed by atoms with E-state index in [0.29, 0.717) is 18.5 Å². The average Bonchev–Trinajstić information content (AvgIpc) is 2.32. The summed E-state index contributed by atoms with van der Waals surface area (Å²) in [6.07, 6.45) is -0.584. The van der Waals surface area contributed by atoms with Crippen molar-refractivity contribution >= 4 is 5.91 Å². The van der Waals surface area contributed by atoms with E-state index in [1.807, 2.05) is 0 Å². The molecule has 1 rings (SSSR count). The summed E-state index contributed by atoms with van der Waals surface area (Å²) >= 11 is 0. The molecule has 2 N–H and O–H groups in total. The van der Waals surface area contributed by atoms with Crippen molar-refractivity contribution in [1.82, 2.24) is 4.90 Å². The number of halogens is 2. The highest BCUT2D eigenvalue weighted by Gasteiger charge is 2.21. The minimum atomic E-state index is -0.959. The van der Waals surface area contributed by atoms with Crippen LogP contribution in [0.25, 0.3) is 0 Å². The molecule has 4 nitrogen and oxygen atoms in total. The standard InChI is InChI=1S/C13H18F2N2O2/c1-8(13(18)17(2)3)19-12-10(14)6-9(4-5-16)7-11(12)15/h6-8H,4-5,16H2,1-3H3. The summed E-state index contributed by atoms with van der Waals surface area (Å²) in [5.41, 5.74) is 5.78. The number of hydrogen-bond donors (Lipinski definition) is 1. The van der Waals surface area contributed by atoms with Crippen LogP contribution in [0, 0.1) is 11.6 Å². The molecule has 0 saturated carbocycles. The van der Waals surface area contributed by atoms with Gasteiger partial charge in [0.2, 0.25) is 0 Å². The summed E-state index contributed by atoms with van der Waals surface area (Å²) in [6.45, 7) is 1.74. The minimum Gasteiger partial charge on any atom is -0.475 e. The summed E-state index contributed by atoms with van der Waals surface area (Å²) < 4.78 is 32.5. The van der Waals surface area contributed by atoms with Crippen molar-refractivity contribution in [2.75, 3.05) is 20.6 Å². The molecule has 0 aliphatic carbocycles. The second kappa shape index (κ2) is 6.47. The van der Waals surface area contributed by atoms with Crippen LogP contribution in [0.4, 0.5) is 8.78 Å². The topological polar surface area (TPSA) is 55.6 Å². The van der Waals surface area contributed by atoms with Crippen molar-refractivity contribution in [2.45, 2.75) is 19.4 Å². The molecule has 0 aliphatic rings. The lowest BCUT2D eigenvalue weighted by Crippen LogP contribution is -2.35. The third-order valence-corrected chi connectivity index (χ3v) is 2.57. The number of hydrogen-bond acceptors (Lipinski definition) is 3. The molecule has 106 valence electrons. The highest BCUT2D eigenvalue weighted by atomic mass is 19.1. The molecule has 1 unspecified atom stereocenters. The van der Waals surface area contributed by atoms with Gasteiger partial charge in [0.05, 0.1) is 0 Å². The summed E-state index contributed by atoms with van der Waals surface area (Å²) in [4.78, 5) is 12.9.